The number of oxime groups is 2. The number of hydrogen-bond donors (Lipinski definition) is 0. The summed E-state index contributed by atoms with van der Waals surface area (Å²) in [6.45, 7) is 8.32. The first kappa shape index (κ1) is 22.1. The molecule has 2 aromatic carbocycles. The molecule has 0 saturated heterocycles. The van der Waals surface area contributed by atoms with Gasteiger partial charge in [0.15, 0.2) is 5.71 Å². The number of methoxy groups -OCH3 is 1. The van der Waals surface area contributed by atoms with Gasteiger partial charge in [-0.05, 0) is 30.9 Å². The van der Waals surface area contributed by atoms with Crippen LogP contribution in [-0.2, 0) is 25.8 Å². The van der Waals surface area contributed by atoms with Crippen LogP contribution < -0.4 is 0 Å². The predicted molar refractivity (Wildman–Crippen MR) is 114 cm³/mol. The van der Waals surface area contributed by atoms with Gasteiger partial charge >= 0.3 is 5.97 Å². The second-order valence-corrected chi connectivity index (χ2v) is 6.99. The molecule has 0 aliphatic carbocycles. The van der Waals surface area contributed by atoms with Gasteiger partial charge in [-0.2, -0.15) is 0 Å². The van der Waals surface area contributed by atoms with E-state index in [9.17, 15) is 4.79 Å². The fourth-order valence-electron chi connectivity index (χ4n) is 2.88. The summed E-state index contributed by atoms with van der Waals surface area (Å²) in [6, 6.07) is 13.8. The molecule has 29 heavy (non-hydrogen) atoms. The van der Waals surface area contributed by atoms with Crippen molar-refractivity contribution in [2.45, 2.75) is 34.3 Å². The molecule has 0 unspecified atom stereocenters. The van der Waals surface area contributed by atoms with Crippen LogP contribution >= 0.6 is 0 Å². The Labute approximate surface area is 172 Å². The lowest BCUT2D eigenvalue weighted by Crippen LogP contribution is -2.20. The van der Waals surface area contributed by atoms with Gasteiger partial charge in [-0.1, -0.05) is 72.2 Å². The number of carbonyl (C=O) groups excluding carboxylic acids is 1. The smallest absolute Gasteiger partial charge is 0.360 e. The van der Waals surface area contributed by atoms with Crippen molar-refractivity contribution >= 4 is 17.4 Å². The van der Waals surface area contributed by atoms with Gasteiger partial charge in [0.1, 0.15) is 13.7 Å². The van der Waals surface area contributed by atoms with Gasteiger partial charge in [-0.3, -0.25) is 0 Å². The van der Waals surface area contributed by atoms with Gasteiger partial charge in [0, 0.05) is 11.1 Å². The van der Waals surface area contributed by atoms with Crippen LogP contribution in [0.1, 0.15) is 41.7 Å². The Morgan fingerprint density at radius 3 is 2.28 bits per heavy atom. The van der Waals surface area contributed by atoms with Crippen LogP contribution in [0.4, 0.5) is 0 Å². The minimum Gasteiger partial charge on any atom is -0.464 e. The van der Waals surface area contributed by atoms with E-state index in [0.29, 0.717) is 5.56 Å². The van der Waals surface area contributed by atoms with E-state index < -0.39 is 5.97 Å². The third-order valence-corrected chi connectivity index (χ3v) is 4.49. The van der Waals surface area contributed by atoms with E-state index in [1.54, 1.807) is 6.07 Å². The predicted octanol–water partition coefficient (Wildman–Crippen LogP) is 4.40. The Morgan fingerprint density at radius 2 is 1.69 bits per heavy atom. The summed E-state index contributed by atoms with van der Waals surface area (Å²) in [6.07, 6.45) is 0. The Kier molecular flexibility index (Phi) is 7.95. The first-order valence-electron chi connectivity index (χ1n) is 9.44. The molecule has 0 N–H and O–H groups in total. The Hall–Kier alpha value is -3.15. The highest BCUT2D eigenvalue weighted by atomic mass is 16.6. The zero-order chi connectivity index (χ0) is 21.4. The fraction of sp³-hybridized carbons (Fsp3) is 0.348. The van der Waals surface area contributed by atoms with E-state index in [-0.39, 0.29) is 18.2 Å². The molecule has 0 saturated carbocycles. The minimum atomic E-state index is -0.579. The van der Waals surface area contributed by atoms with Gasteiger partial charge in [0.2, 0.25) is 0 Å². The monoisotopic (exact) mass is 396 g/mol. The van der Waals surface area contributed by atoms with Crippen molar-refractivity contribution in [3.05, 3.63) is 70.3 Å². The third-order valence-electron chi connectivity index (χ3n) is 4.49. The Bertz CT molecular complexity index is 900. The summed E-state index contributed by atoms with van der Waals surface area (Å²) in [5.74, 6) is -0.389. The Morgan fingerprint density at radius 1 is 1.00 bits per heavy atom. The highest BCUT2D eigenvalue weighted by Crippen LogP contribution is 2.19. The molecule has 6 nitrogen and oxygen atoms in total. The highest BCUT2D eigenvalue weighted by molar-refractivity contribution is 6.43. The minimum absolute atomic E-state index is 0.0869. The molecule has 0 bridgehead atoms. The van der Waals surface area contributed by atoms with Crippen molar-refractivity contribution in [2.24, 2.45) is 16.2 Å². The molecule has 2 aromatic rings. The van der Waals surface area contributed by atoms with Crippen molar-refractivity contribution < 1.29 is 19.2 Å². The molecule has 0 atom stereocenters. The maximum absolute atomic E-state index is 12.1. The van der Waals surface area contributed by atoms with Crippen LogP contribution in [0.2, 0.25) is 0 Å². The summed E-state index contributed by atoms with van der Waals surface area (Å²) in [5, 5.41) is 8.25. The normalized spacial score (nSPS) is 12.1. The topological polar surface area (TPSA) is 69.5 Å². The van der Waals surface area contributed by atoms with E-state index >= 15 is 0 Å². The fourth-order valence-corrected chi connectivity index (χ4v) is 2.88. The molecule has 6 heteroatoms. The molecule has 154 valence electrons. The summed E-state index contributed by atoms with van der Waals surface area (Å²) in [5.41, 5.74) is 5.50. The molecule has 0 heterocycles. The van der Waals surface area contributed by atoms with Crippen molar-refractivity contribution in [1.29, 1.82) is 0 Å². The summed E-state index contributed by atoms with van der Waals surface area (Å²) >= 11 is 0. The molecule has 0 fully saturated rings. The van der Waals surface area contributed by atoms with E-state index in [4.69, 9.17) is 14.4 Å². The highest BCUT2D eigenvalue weighted by Gasteiger charge is 2.21. The lowest BCUT2D eigenvalue weighted by molar-refractivity contribution is -0.132. The van der Waals surface area contributed by atoms with E-state index in [0.717, 1.165) is 22.4 Å². The van der Waals surface area contributed by atoms with Crippen LogP contribution in [0, 0.1) is 19.8 Å². The van der Waals surface area contributed by atoms with E-state index in [2.05, 4.69) is 36.3 Å². The van der Waals surface area contributed by atoms with Crippen LogP contribution in [0.3, 0.4) is 0 Å². The molecular weight excluding hydrogens is 368 g/mol. The Balaban J connectivity index is 2.34. The van der Waals surface area contributed by atoms with Crippen LogP contribution in [0.5, 0.6) is 0 Å². The molecule has 0 aromatic heterocycles. The quantitative estimate of drug-likeness (QED) is 0.377. The molecule has 0 aliphatic heterocycles. The molecule has 0 aliphatic rings. The number of rotatable bonds is 8. The molecule has 0 spiro atoms. The van der Waals surface area contributed by atoms with Crippen molar-refractivity contribution in [3.8, 4) is 0 Å². The lowest BCUT2D eigenvalue weighted by Gasteiger charge is -2.14. The lowest BCUT2D eigenvalue weighted by atomic mass is 9.99. The zero-order valence-electron chi connectivity index (χ0n) is 17.9. The second kappa shape index (κ2) is 10.4. The van der Waals surface area contributed by atoms with Gasteiger partial charge in [0.25, 0.3) is 0 Å². The van der Waals surface area contributed by atoms with Gasteiger partial charge < -0.3 is 14.4 Å². The van der Waals surface area contributed by atoms with Crippen LogP contribution in [0.25, 0.3) is 0 Å². The van der Waals surface area contributed by atoms with Crippen molar-refractivity contribution in [3.63, 3.8) is 0 Å². The number of nitrogens with zero attached hydrogens (tertiary/aromatic N) is 2. The average molecular weight is 396 g/mol. The molecular formula is C23H28N2O4. The van der Waals surface area contributed by atoms with Crippen LogP contribution in [-0.4, -0.2) is 31.6 Å². The number of benzene rings is 2. The largest absolute Gasteiger partial charge is 0.464 e. The van der Waals surface area contributed by atoms with Gasteiger partial charge in [-0.15, -0.1) is 0 Å². The SMILES string of the molecule is CO/N=C(/C(=O)OC)c1cccc(C)c1CO/N=C(/c1ccc(C)cc1)C(C)C. The first-order chi connectivity index (χ1) is 13.9. The van der Waals surface area contributed by atoms with E-state index in [1.165, 1.54) is 19.8 Å². The maximum atomic E-state index is 12.1. The number of carbonyl (C=O) groups is 1. The zero-order valence-corrected chi connectivity index (χ0v) is 17.9. The first-order valence-corrected chi connectivity index (χ1v) is 9.44. The standard InChI is InChI=1S/C23H28N2O4/c1-15(2)21(18-12-10-16(3)11-13-18)25-29-14-20-17(4)8-7-9-19(20)22(24-28-6)23(26)27-5/h7-13,15H,14H2,1-6H3/b24-22+,25-21+. The number of ether oxygens (including phenoxy) is 1. The van der Waals surface area contributed by atoms with E-state index in [1.807, 2.05) is 38.1 Å². The van der Waals surface area contributed by atoms with Crippen molar-refractivity contribution in [2.75, 3.05) is 14.2 Å². The van der Waals surface area contributed by atoms with Gasteiger partial charge in [-0.25, -0.2) is 4.79 Å². The summed E-state index contributed by atoms with van der Waals surface area (Å²) in [4.78, 5) is 22.7. The number of esters is 1. The van der Waals surface area contributed by atoms with Crippen LogP contribution in [0.15, 0.2) is 52.8 Å². The third kappa shape index (κ3) is 5.67. The van der Waals surface area contributed by atoms with Gasteiger partial charge in [0.05, 0.1) is 12.8 Å². The second-order valence-electron chi connectivity index (χ2n) is 6.99. The molecule has 2 rings (SSSR count). The summed E-state index contributed by atoms with van der Waals surface area (Å²) in [7, 11) is 2.69. The summed E-state index contributed by atoms with van der Waals surface area (Å²) < 4.78 is 4.84. The van der Waals surface area contributed by atoms with Crippen molar-refractivity contribution in [1.82, 2.24) is 0 Å². The number of hydrogen-bond acceptors (Lipinski definition) is 6. The number of aryl methyl sites for hydroxylation is 2. The molecule has 0 radical (unpaired) electrons. The molecule has 0 amide bonds. The average Bonchev–Trinajstić information content (AvgIpc) is 2.70. The maximum Gasteiger partial charge on any atom is 0.360 e.